The molecule has 3 nitrogen and oxygen atoms in total. The maximum Gasteiger partial charge on any atom is 0.266 e. The lowest BCUT2D eigenvalue weighted by atomic mass is 10.1. The summed E-state index contributed by atoms with van der Waals surface area (Å²) in [6.07, 6.45) is 1.87. The summed E-state index contributed by atoms with van der Waals surface area (Å²) in [4.78, 5) is 26.6. The number of rotatable bonds is 2. The highest BCUT2D eigenvalue weighted by Gasteiger charge is 2.37. The highest BCUT2D eigenvalue weighted by atomic mass is 32.2. The Labute approximate surface area is 119 Å². The molecule has 0 N–H and O–H groups in total. The van der Waals surface area contributed by atoms with Crippen molar-refractivity contribution in [3.63, 3.8) is 0 Å². The summed E-state index contributed by atoms with van der Waals surface area (Å²) in [5, 5.41) is 0. The van der Waals surface area contributed by atoms with E-state index in [9.17, 15) is 14.0 Å². The zero-order valence-electron chi connectivity index (χ0n) is 10.6. The van der Waals surface area contributed by atoms with Crippen LogP contribution in [0, 0.1) is 5.82 Å². The summed E-state index contributed by atoms with van der Waals surface area (Å²) < 4.78 is 13.3. The van der Waals surface area contributed by atoms with Crippen molar-refractivity contribution < 1.29 is 14.0 Å². The minimum Gasteiger partial charge on any atom is -0.268 e. The molecule has 2 aromatic rings. The predicted molar refractivity (Wildman–Crippen MR) is 75.8 cm³/mol. The first kappa shape index (κ1) is 12.9. The molecule has 0 aromatic heterocycles. The maximum atomic E-state index is 13.3. The van der Waals surface area contributed by atoms with Crippen molar-refractivity contribution in [2.75, 3.05) is 11.2 Å². The lowest BCUT2D eigenvalue weighted by Crippen LogP contribution is -2.29. The lowest BCUT2D eigenvalue weighted by molar-refractivity contribution is 0.0925. The van der Waals surface area contributed by atoms with Crippen molar-refractivity contribution in [3.05, 3.63) is 59.4 Å². The van der Waals surface area contributed by atoms with E-state index in [0.717, 1.165) is 15.9 Å². The maximum absolute atomic E-state index is 13.3. The number of hydrogen-bond donors (Lipinski definition) is 0. The van der Waals surface area contributed by atoms with Crippen LogP contribution in [0.5, 0.6) is 0 Å². The van der Waals surface area contributed by atoms with Crippen LogP contribution in [0.25, 0.3) is 0 Å². The molecule has 2 aromatic carbocycles. The fourth-order valence-electron chi connectivity index (χ4n) is 2.25. The molecule has 1 aliphatic heterocycles. The molecule has 0 aliphatic carbocycles. The van der Waals surface area contributed by atoms with Crippen LogP contribution < -0.4 is 4.90 Å². The van der Waals surface area contributed by atoms with E-state index in [0.29, 0.717) is 5.69 Å². The number of hydrogen-bond acceptors (Lipinski definition) is 3. The summed E-state index contributed by atoms with van der Waals surface area (Å²) in [6.45, 7) is 0. The Morgan fingerprint density at radius 1 is 1.00 bits per heavy atom. The topological polar surface area (TPSA) is 37.4 Å². The first-order valence-electron chi connectivity index (χ1n) is 5.95. The molecule has 20 heavy (non-hydrogen) atoms. The van der Waals surface area contributed by atoms with Gasteiger partial charge in [-0.3, -0.25) is 9.59 Å². The molecule has 0 saturated carbocycles. The Hall–Kier alpha value is -2.14. The number of benzene rings is 2. The molecule has 0 radical (unpaired) electrons. The Bertz CT molecular complexity index is 730. The molecule has 5 heteroatoms. The van der Waals surface area contributed by atoms with E-state index < -0.39 is 17.6 Å². The second kappa shape index (κ2) is 4.76. The van der Waals surface area contributed by atoms with Gasteiger partial charge in [0.15, 0.2) is 0 Å². The molecule has 0 fully saturated rings. The van der Waals surface area contributed by atoms with Crippen LogP contribution in [0.1, 0.15) is 20.7 Å². The number of carbonyl (C=O) groups is 2. The van der Waals surface area contributed by atoms with Crippen LogP contribution >= 0.6 is 11.8 Å². The van der Waals surface area contributed by atoms with E-state index in [2.05, 4.69) is 0 Å². The van der Waals surface area contributed by atoms with Gasteiger partial charge in [0, 0.05) is 4.90 Å². The molecule has 0 atom stereocenters. The average molecular weight is 287 g/mol. The summed E-state index contributed by atoms with van der Waals surface area (Å²) in [6, 6.07) is 10.8. The van der Waals surface area contributed by atoms with Crippen LogP contribution in [-0.4, -0.2) is 18.1 Å². The van der Waals surface area contributed by atoms with Gasteiger partial charge in [-0.2, -0.15) is 0 Å². The number of amides is 2. The Kier molecular flexibility index (Phi) is 3.06. The van der Waals surface area contributed by atoms with E-state index >= 15 is 0 Å². The quantitative estimate of drug-likeness (QED) is 0.628. The van der Waals surface area contributed by atoms with Gasteiger partial charge < -0.3 is 0 Å². The summed E-state index contributed by atoms with van der Waals surface area (Å²) in [5.41, 5.74) is 0.893. The van der Waals surface area contributed by atoms with Crippen LogP contribution in [0.4, 0.5) is 10.1 Å². The predicted octanol–water partition coefficient (Wildman–Crippen LogP) is 3.35. The van der Waals surface area contributed by atoms with E-state index in [1.807, 2.05) is 18.4 Å². The van der Waals surface area contributed by atoms with Crippen molar-refractivity contribution in [1.82, 2.24) is 0 Å². The van der Waals surface area contributed by atoms with E-state index in [4.69, 9.17) is 0 Å². The number of thioether (sulfide) groups is 1. The summed E-state index contributed by atoms with van der Waals surface area (Å²) in [7, 11) is 0. The number of nitrogens with zero attached hydrogens (tertiary/aromatic N) is 1. The molecular formula is C15H10FNO2S. The number of carbonyl (C=O) groups excluding carboxylic acids is 2. The van der Waals surface area contributed by atoms with Gasteiger partial charge in [0.1, 0.15) is 5.82 Å². The van der Waals surface area contributed by atoms with Crippen molar-refractivity contribution >= 4 is 29.3 Å². The van der Waals surface area contributed by atoms with Gasteiger partial charge in [-0.05, 0) is 36.6 Å². The first-order valence-corrected chi connectivity index (χ1v) is 7.17. The summed E-state index contributed by atoms with van der Waals surface area (Å²) in [5.74, 6) is -1.41. The molecule has 0 unspecified atom stereocenters. The third-order valence-corrected chi connectivity index (χ3v) is 3.96. The number of fused-ring (bicyclic) bond motifs is 1. The first-order chi connectivity index (χ1) is 9.63. The minimum atomic E-state index is -0.523. The number of imide groups is 1. The van der Waals surface area contributed by atoms with Gasteiger partial charge in [-0.1, -0.05) is 12.1 Å². The third-order valence-electron chi connectivity index (χ3n) is 3.17. The van der Waals surface area contributed by atoms with Crippen LogP contribution in [0.3, 0.4) is 0 Å². The molecule has 3 rings (SSSR count). The molecule has 1 aliphatic rings. The molecule has 0 bridgehead atoms. The molecular weight excluding hydrogens is 277 g/mol. The second-order valence-electron chi connectivity index (χ2n) is 4.31. The minimum absolute atomic E-state index is 0.117. The number of para-hydroxylation sites is 1. The normalized spacial score (nSPS) is 13.8. The van der Waals surface area contributed by atoms with E-state index in [1.165, 1.54) is 23.9 Å². The van der Waals surface area contributed by atoms with Gasteiger partial charge in [0.2, 0.25) is 0 Å². The SMILES string of the molecule is CSc1ccccc1N1C(=O)c2ccc(F)cc2C1=O. The highest BCUT2D eigenvalue weighted by molar-refractivity contribution is 7.98. The number of halogens is 1. The van der Waals surface area contributed by atoms with Crippen molar-refractivity contribution in [2.24, 2.45) is 0 Å². The van der Waals surface area contributed by atoms with Gasteiger partial charge in [-0.15, -0.1) is 11.8 Å². The molecule has 2 amide bonds. The molecule has 0 spiro atoms. The van der Waals surface area contributed by atoms with Crippen LogP contribution in [0.15, 0.2) is 47.4 Å². The monoisotopic (exact) mass is 287 g/mol. The van der Waals surface area contributed by atoms with E-state index in [-0.39, 0.29) is 11.1 Å². The Morgan fingerprint density at radius 3 is 2.45 bits per heavy atom. The largest absolute Gasteiger partial charge is 0.268 e. The second-order valence-corrected chi connectivity index (χ2v) is 5.16. The fourth-order valence-corrected chi connectivity index (χ4v) is 2.83. The Balaban J connectivity index is 2.14. The smallest absolute Gasteiger partial charge is 0.266 e. The lowest BCUT2D eigenvalue weighted by Gasteiger charge is -2.16. The molecule has 0 saturated heterocycles. The standard InChI is InChI=1S/C15H10FNO2S/c1-20-13-5-3-2-4-12(13)17-14(18)10-7-6-9(16)8-11(10)15(17)19/h2-8H,1H3. The number of anilines is 1. The zero-order valence-corrected chi connectivity index (χ0v) is 11.4. The van der Waals surface area contributed by atoms with Crippen LogP contribution in [-0.2, 0) is 0 Å². The molecule has 100 valence electrons. The summed E-state index contributed by atoms with van der Waals surface area (Å²) >= 11 is 1.45. The highest BCUT2D eigenvalue weighted by Crippen LogP contribution is 2.34. The molecule has 1 heterocycles. The fraction of sp³-hybridized carbons (Fsp3) is 0.0667. The van der Waals surface area contributed by atoms with Crippen molar-refractivity contribution in [3.8, 4) is 0 Å². The van der Waals surface area contributed by atoms with E-state index in [1.54, 1.807) is 12.1 Å². The van der Waals surface area contributed by atoms with Gasteiger partial charge in [0.25, 0.3) is 11.8 Å². The van der Waals surface area contributed by atoms with Crippen LogP contribution in [0.2, 0.25) is 0 Å². The van der Waals surface area contributed by atoms with Crippen molar-refractivity contribution in [2.45, 2.75) is 4.90 Å². The van der Waals surface area contributed by atoms with Crippen molar-refractivity contribution in [1.29, 1.82) is 0 Å². The third kappa shape index (κ3) is 1.82. The zero-order chi connectivity index (χ0) is 14.3. The average Bonchev–Trinajstić information content (AvgIpc) is 2.70. The Morgan fingerprint density at radius 2 is 1.70 bits per heavy atom. The van der Waals surface area contributed by atoms with Gasteiger partial charge >= 0.3 is 0 Å². The van der Waals surface area contributed by atoms with Gasteiger partial charge in [0.05, 0.1) is 16.8 Å². The van der Waals surface area contributed by atoms with Gasteiger partial charge in [-0.25, -0.2) is 9.29 Å².